The zero-order valence-corrected chi connectivity index (χ0v) is 23.5. The highest BCUT2D eigenvalue weighted by Crippen LogP contribution is 2.26. The number of benzene rings is 1. The average Bonchev–Trinajstić information content (AvgIpc) is 3.60. The first-order valence-corrected chi connectivity index (χ1v) is 14.1. The summed E-state index contributed by atoms with van der Waals surface area (Å²) in [4.78, 5) is 57.1. The highest BCUT2D eigenvalue weighted by molar-refractivity contribution is 7.14. The van der Waals surface area contributed by atoms with Gasteiger partial charge in [-0.25, -0.2) is 9.78 Å². The molecule has 1 aliphatic heterocycles. The second-order valence-electron chi connectivity index (χ2n) is 10.7. The topological polar surface area (TPSA) is 142 Å². The van der Waals surface area contributed by atoms with Crippen LogP contribution in [0, 0.1) is 0 Å². The summed E-state index contributed by atoms with van der Waals surface area (Å²) in [5.74, 6) is -0.784. The number of alkyl carbamates (subject to hydrolysis) is 1. The number of thiazole rings is 1. The van der Waals surface area contributed by atoms with Gasteiger partial charge >= 0.3 is 6.09 Å². The van der Waals surface area contributed by atoms with Gasteiger partial charge in [0.2, 0.25) is 11.8 Å². The van der Waals surface area contributed by atoms with E-state index in [2.05, 4.69) is 26.3 Å². The van der Waals surface area contributed by atoms with Crippen LogP contribution < -0.4 is 21.3 Å². The minimum atomic E-state index is -0.811. The Labute approximate surface area is 232 Å². The van der Waals surface area contributed by atoms with Crippen molar-refractivity contribution in [1.29, 1.82) is 0 Å². The molecule has 2 fully saturated rings. The standard InChI is InChI=1S/C27H36N6O5S/c1-5-19(31-26(37)38-27(2,3)4)24(36)33-13-12-28-14-21(33)23(35)32-25-30-20(15-39-25)16-6-8-17(9-7-16)22(34)29-18-10-11-18/h6-9,15,18-19,21,28H,5,10-14H2,1-4H3,(H,29,34)(H,31,37)(H,30,32,35). The zero-order chi connectivity index (χ0) is 28.2. The minimum absolute atomic E-state index is 0.0814. The Morgan fingerprint density at radius 2 is 1.90 bits per heavy atom. The molecule has 1 aromatic carbocycles. The molecule has 2 unspecified atom stereocenters. The van der Waals surface area contributed by atoms with Crippen LogP contribution in [0.15, 0.2) is 29.6 Å². The molecular weight excluding hydrogens is 520 g/mol. The Morgan fingerprint density at radius 1 is 1.18 bits per heavy atom. The molecule has 1 saturated heterocycles. The van der Waals surface area contributed by atoms with E-state index in [1.165, 1.54) is 16.2 Å². The molecule has 0 radical (unpaired) electrons. The smallest absolute Gasteiger partial charge is 0.408 e. The molecular formula is C27H36N6O5S. The van der Waals surface area contributed by atoms with Gasteiger partial charge in [0.25, 0.3) is 5.91 Å². The van der Waals surface area contributed by atoms with Gasteiger partial charge in [-0.1, -0.05) is 19.1 Å². The number of rotatable bonds is 8. The number of amides is 4. The molecule has 2 atom stereocenters. The second kappa shape index (κ2) is 12.1. The third kappa shape index (κ3) is 7.76. The molecule has 1 aliphatic carbocycles. The fourth-order valence-corrected chi connectivity index (χ4v) is 4.85. The van der Waals surface area contributed by atoms with Crippen molar-refractivity contribution in [3.63, 3.8) is 0 Å². The van der Waals surface area contributed by atoms with E-state index in [1.54, 1.807) is 39.8 Å². The third-order valence-electron chi connectivity index (χ3n) is 6.32. The molecule has 2 aliphatic rings. The van der Waals surface area contributed by atoms with E-state index >= 15 is 0 Å². The van der Waals surface area contributed by atoms with Crippen LogP contribution in [0.1, 0.15) is 57.3 Å². The fourth-order valence-electron chi connectivity index (χ4n) is 4.13. The van der Waals surface area contributed by atoms with Gasteiger partial charge in [0.15, 0.2) is 5.13 Å². The van der Waals surface area contributed by atoms with Gasteiger partial charge in [0.05, 0.1) is 5.69 Å². The Morgan fingerprint density at radius 3 is 2.54 bits per heavy atom. The summed E-state index contributed by atoms with van der Waals surface area (Å²) in [6.45, 7) is 8.18. The van der Waals surface area contributed by atoms with Crippen molar-refractivity contribution >= 4 is 40.3 Å². The van der Waals surface area contributed by atoms with Crippen LogP contribution in [0.3, 0.4) is 0 Å². The lowest BCUT2D eigenvalue weighted by Crippen LogP contribution is -2.62. The number of hydrogen-bond donors (Lipinski definition) is 4. The van der Waals surface area contributed by atoms with E-state index in [0.717, 1.165) is 18.4 Å². The summed E-state index contributed by atoms with van der Waals surface area (Å²) >= 11 is 1.28. The maximum Gasteiger partial charge on any atom is 0.408 e. The summed E-state index contributed by atoms with van der Waals surface area (Å²) in [5.41, 5.74) is 1.40. The summed E-state index contributed by atoms with van der Waals surface area (Å²) < 4.78 is 5.30. The van der Waals surface area contributed by atoms with E-state index in [0.29, 0.717) is 41.9 Å². The average molecular weight is 557 g/mol. The van der Waals surface area contributed by atoms with Crippen molar-refractivity contribution in [1.82, 2.24) is 25.8 Å². The number of piperazine rings is 1. The van der Waals surface area contributed by atoms with Crippen LogP contribution in [0.5, 0.6) is 0 Å². The Hall–Kier alpha value is -3.51. The number of carbonyl (C=O) groups is 4. The molecule has 1 aromatic heterocycles. The van der Waals surface area contributed by atoms with Crippen LogP contribution >= 0.6 is 11.3 Å². The van der Waals surface area contributed by atoms with E-state index < -0.39 is 23.8 Å². The molecule has 0 bridgehead atoms. The lowest BCUT2D eigenvalue weighted by atomic mass is 10.1. The van der Waals surface area contributed by atoms with Gasteiger partial charge in [0, 0.05) is 42.2 Å². The van der Waals surface area contributed by atoms with Crippen molar-refractivity contribution < 1.29 is 23.9 Å². The maximum absolute atomic E-state index is 13.3. The predicted octanol–water partition coefficient (Wildman–Crippen LogP) is 2.74. The number of ether oxygens (including phenoxy) is 1. The molecule has 4 rings (SSSR count). The summed E-state index contributed by atoms with van der Waals surface area (Å²) in [6, 6.07) is 5.90. The molecule has 12 heteroatoms. The lowest BCUT2D eigenvalue weighted by Gasteiger charge is -2.37. The lowest BCUT2D eigenvalue weighted by molar-refractivity contribution is -0.141. The Kier molecular flexibility index (Phi) is 8.86. The fraction of sp³-hybridized carbons (Fsp3) is 0.519. The quantitative estimate of drug-likeness (QED) is 0.392. The van der Waals surface area contributed by atoms with E-state index in [1.807, 2.05) is 17.5 Å². The Balaban J connectivity index is 1.38. The number of nitrogens with zero attached hydrogens (tertiary/aromatic N) is 2. The summed E-state index contributed by atoms with van der Waals surface area (Å²) in [7, 11) is 0. The highest BCUT2D eigenvalue weighted by Gasteiger charge is 2.36. The number of anilines is 1. The highest BCUT2D eigenvalue weighted by atomic mass is 32.1. The van der Waals surface area contributed by atoms with Gasteiger partial charge in [-0.15, -0.1) is 11.3 Å². The van der Waals surface area contributed by atoms with Crippen molar-refractivity contribution in [2.75, 3.05) is 25.0 Å². The molecule has 4 amide bonds. The first-order chi connectivity index (χ1) is 18.5. The first kappa shape index (κ1) is 28.5. The van der Waals surface area contributed by atoms with Crippen molar-refractivity contribution in [2.24, 2.45) is 0 Å². The third-order valence-corrected chi connectivity index (χ3v) is 7.07. The normalized spacial score (nSPS) is 18.2. The number of aromatic nitrogens is 1. The van der Waals surface area contributed by atoms with Crippen LogP contribution in [0.2, 0.25) is 0 Å². The molecule has 39 heavy (non-hydrogen) atoms. The first-order valence-electron chi connectivity index (χ1n) is 13.2. The molecule has 2 aromatic rings. The van der Waals surface area contributed by atoms with Gasteiger partial charge in [0.1, 0.15) is 17.7 Å². The molecule has 0 spiro atoms. The maximum atomic E-state index is 13.3. The van der Waals surface area contributed by atoms with Crippen LogP contribution in [0.4, 0.5) is 9.93 Å². The zero-order valence-electron chi connectivity index (χ0n) is 22.7. The van der Waals surface area contributed by atoms with E-state index in [9.17, 15) is 19.2 Å². The van der Waals surface area contributed by atoms with Crippen molar-refractivity contribution in [3.8, 4) is 11.3 Å². The van der Waals surface area contributed by atoms with Gasteiger partial charge in [-0.2, -0.15) is 0 Å². The van der Waals surface area contributed by atoms with Crippen molar-refractivity contribution in [2.45, 2.75) is 70.7 Å². The van der Waals surface area contributed by atoms with Gasteiger partial charge < -0.3 is 30.9 Å². The second-order valence-corrected chi connectivity index (χ2v) is 11.6. The minimum Gasteiger partial charge on any atom is -0.444 e. The Bertz CT molecular complexity index is 1200. The molecule has 11 nitrogen and oxygen atoms in total. The molecule has 4 N–H and O–H groups in total. The molecule has 2 heterocycles. The number of carbonyl (C=O) groups excluding carboxylic acids is 4. The SMILES string of the molecule is CCC(NC(=O)OC(C)(C)C)C(=O)N1CCNCC1C(=O)Nc1nc(-c2ccc(C(=O)NC3CC3)cc2)cs1. The summed E-state index contributed by atoms with van der Waals surface area (Å²) in [5, 5.41) is 13.8. The number of nitrogens with one attached hydrogen (secondary N) is 4. The van der Waals surface area contributed by atoms with Crippen molar-refractivity contribution in [3.05, 3.63) is 35.2 Å². The summed E-state index contributed by atoms with van der Waals surface area (Å²) in [6.07, 6.45) is 1.74. The predicted molar refractivity (Wildman–Crippen MR) is 148 cm³/mol. The molecule has 210 valence electrons. The molecule has 1 saturated carbocycles. The van der Waals surface area contributed by atoms with Crippen LogP contribution in [-0.2, 0) is 14.3 Å². The van der Waals surface area contributed by atoms with Gasteiger partial charge in [-0.05, 0) is 52.2 Å². The van der Waals surface area contributed by atoms with Gasteiger partial charge in [-0.3, -0.25) is 14.4 Å². The monoisotopic (exact) mass is 556 g/mol. The number of hydrogen-bond acceptors (Lipinski definition) is 8. The van der Waals surface area contributed by atoms with E-state index in [4.69, 9.17) is 4.74 Å². The largest absolute Gasteiger partial charge is 0.444 e. The van der Waals surface area contributed by atoms with E-state index in [-0.39, 0.29) is 24.3 Å². The van der Waals surface area contributed by atoms with Crippen LogP contribution in [0.25, 0.3) is 11.3 Å². The van der Waals surface area contributed by atoms with Crippen LogP contribution in [-0.4, -0.2) is 77.1 Å².